The molecule has 1 atom stereocenters. The summed E-state index contributed by atoms with van der Waals surface area (Å²) in [6.45, 7) is 6.11. The van der Waals surface area contributed by atoms with Gasteiger partial charge in [-0.2, -0.15) is 0 Å². The zero-order valence-corrected chi connectivity index (χ0v) is 11.7. The van der Waals surface area contributed by atoms with Gasteiger partial charge >= 0.3 is 11.9 Å². The molecule has 0 aromatic rings. The second kappa shape index (κ2) is 8.95. The van der Waals surface area contributed by atoms with Crippen molar-refractivity contribution in [1.82, 2.24) is 0 Å². The lowest BCUT2D eigenvalue weighted by molar-refractivity contribution is -0.157. The topological polar surface area (TPSA) is 74.6 Å². The second-order valence-electron chi connectivity index (χ2n) is 5.52. The molecule has 0 radical (unpaired) electrons. The van der Waals surface area contributed by atoms with Crippen molar-refractivity contribution >= 4 is 11.9 Å². The van der Waals surface area contributed by atoms with Crippen LogP contribution in [0.15, 0.2) is 0 Å². The van der Waals surface area contributed by atoms with Gasteiger partial charge in [0.25, 0.3) is 0 Å². The van der Waals surface area contributed by atoms with E-state index < -0.39 is 17.9 Å². The molecule has 0 aromatic carbocycles. The van der Waals surface area contributed by atoms with E-state index in [0.717, 1.165) is 25.2 Å². The average molecular weight is 258 g/mol. The molecule has 0 amide bonds. The Labute approximate surface area is 109 Å². The van der Waals surface area contributed by atoms with E-state index in [2.05, 4.69) is 13.8 Å². The summed E-state index contributed by atoms with van der Waals surface area (Å²) in [5.74, 6) is -3.29. The summed E-state index contributed by atoms with van der Waals surface area (Å²) < 4.78 is 0. The third-order valence-corrected chi connectivity index (χ3v) is 3.29. The highest BCUT2D eigenvalue weighted by Gasteiger charge is 2.31. The minimum atomic E-state index is -1.26. The van der Waals surface area contributed by atoms with Gasteiger partial charge in [-0.25, -0.2) is 0 Å². The average Bonchev–Trinajstić information content (AvgIpc) is 2.21. The third kappa shape index (κ3) is 7.30. The summed E-state index contributed by atoms with van der Waals surface area (Å²) in [6, 6.07) is 0. The first-order valence-electron chi connectivity index (χ1n) is 6.81. The Balaban J connectivity index is 3.78. The first-order chi connectivity index (χ1) is 8.36. The lowest BCUT2D eigenvalue weighted by atomic mass is 9.89. The van der Waals surface area contributed by atoms with E-state index in [-0.39, 0.29) is 5.92 Å². The van der Waals surface area contributed by atoms with Crippen LogP contribution in [-0.2, 0) is 9.59 Å². The molecule has 106 valence electrons. The predicted octanol–water partition coefficient (Wildman–Crippen LogP) is 3.40. The zero-order valence-electron chi connectivity index (χ0n) is 11.7. The van der Waals surface area contributed by atoms with E-state index in [1.165, 1.54) is 12.8 Å². The van der Waals surface area contributed by atoms with Gasteiger partial charge < -0.3 is 10.2 Å². The number of carbonyl (C=O) groups is 2. The van der Waals surface area contributed by atoms with Crippen LogP contribution in [0.3, 0.4) is 0 Å². The molecule has 0 rings (SSSR count). The molecule has 4 heteroatoms. The van der Waals surface area contributed by atoms with Gasteiger partial charge in [0.2, 0.25) is 0 Å². The van der Waals surface area contributed by atoms with Gasteiger partial charge in [0.05, 0.1) is 0 Å². The number of carboxylic acids is 2. The fourth-order valence-corrected chi connectivity index (χ4v) is 2.13. The predicted molar refractivity (Wildman–Crippen MR) is 70.5 cm³/mol. The quantitative estimate of drug-likeness (QED) is 0.465. The minimum Gasteiger partial charge on any atom is -0.481 e. The molecular weight excluding hydrogens is 232 g/mol. The van der Waals surface area contributed by atoms with E-state index in [9.17, 15) is 9.59 Å². The summed E-state index contributed by atoms with van der Waals surface area (Å²) in [5, 5.41) is 17.7. The molecule has 1 unspecified atom stereocenters. The second-order valence-corrected chi connectivity index (χ2v) is 5.52. The lowest BCUT2D eigenvalue weighted by Crippen LogP contribution is -2.29. The van der Waals surface area contributed by atoms with Crippen molar-refractivity contribution in [3.8, 4) is 0 Å². The highest BCUT2D eigenvalue weighted by Crippen LogP contribution is 2.20. The highest BCUT2D eigenvalue weighted by molar-refractivity contribution is 5.93. The van der Waals surface area contributed by atoms with Crippen LogP contribution in [0.2, 0.25) is 0 Å². The van der Waals surface area contributed by atoms with Crippen LogP contribution in [0, 0.1) is 17.8 Å². The standard InChI is InChI=1S/C14H26O4/c1-10(2)8-6-4-5-7-9-11(3)12(13(15)16)14(17)18/h10-12H,4-9H2,1-3H3,(H,15,16)(H,17,18). The Morgan fingerprint density at radius 3 is 1.67 bits per heavy atom. The smallest absolute Gasteiger partial charge is 0.318 e. The number of hydrogen-bond acceptors (Lipinski definition) is 2. The lowest BCUT2D eigenvalue weighted by Gasteiger charge is -2.16. The molecule has 0 spiro atoms. The van der Waals surface area contributed by atoms with Crippen LogP contribution in [0.5, 0.6) is 0 Å². The van der Waals surface area contributed by atoms with E-state index in [4.69, 9.17) is 10.2 Å². The van der Waals surface area contributed by atoms with Gasteiger partial charge in [-0.15, -0.1) is 0 Å². The number of unbranched alkanes of at least 4 members (excludes halogenated alkanes) is 3. The van der Waals surface area contributed by atoms with Gasteiger partial charge in [-0.05, 0) is 18.3 Å². The number of carboxylic acid groups (broad SMARTS) is 2. The minimum absolute atomic E-state index is 0.301. The van der Waals surface area contributed by atoms with E-state index >= 15 is 0 Å². The Hall–Kier alpha value is -1.06. The highest BCUT2D eigenvalue weighted by atomic mass is 16.4. The molecule has 0 aliphatic heterocycles. The Morgan fingerprint density at radius 2 is 1.28 bits per heavy atom. The first kappa shape index (κ1) is 16.9. The Morgan fingerprint density at radius 1 is 0.833 bits per heavy atom. The van der Waals surface area contributed by atoms with Crippen molar-refractivity contribution in [1.29, 1.82) is 0 Å². The van der Waals surface area contributed by atoms with Crippen molar-refractivity contribution < 1.29 is 19.8 Å². The maximum absolute atomic E-state index is 10.8. The third-order valence-electron chi connectivity index (χ3n) is 3.29. The van der Waals surface area contributed by atoms with E-state index in [1.807, 2.05) is 0 Å². The fraction of sp³-hybridized carbons (Fsp3) is 0.857. The van der Waals surface area contributed by atoms with Crippen LogP contribution in [-0.4, -0.2) is 22.2 Å². The van der Waals surface area contributed by atoms with Crippen molar-refractivity contribution in [2.24, 2.45) is 17.8 Å². The van der Waals surface area contributed by atoms with Gasteiger partial charge in [-0.1, -0.05) is 52.9 Å². The number of hydrogen-bond donors (Lipinski definition) is 2. The molecule has 0 aromatic heterocycles. The normalized spacial score (nSPS) is 12.9. The summed E-state index contributed by atoms with van der Waals surface area (Å²) in [6.07, 6.45) is 6.22. The Bertz CT molecular complexity index is 247. The SMILES string of the molecule is CC(C)CCCCCCC(C)C(C(=O)O)C(=O)O. The van der Waals surface area contributed by atoms with E-state index in [0.29, 0.717) is 6.42 Å². The van der Waals surface area contributed by atoms with Crippen molar-refractivity contribution in [3.05, 3.63) is 0 Å². The Kier molecular flexibility index (Phi) is 8.42. The van der Waals surface area contributed by atoms with Crippen LogP contribution in [0.4, 0.5) is 0 Å². The zero-order chi connectivity index (χ0) is 14.1. The van der Waals surface area contributed by atoms with Crippen molar-refractivity contribution in [2.75, 3.05) is 0 Å². The molecule has 2 N–H and O–H groups in total. The van der Waals surface area contributed by atoms with E-state index in [1.54, 1.807) is 6.92 Å². The van der Waals surface area contributed by atoms with Gasteiger partial charge in [0, 0.05) is 0 Å². The van der Waals surface area contributed by atoms with Crippen molar-refractivity contribution in [2.45, 2.75) is 59.3 Å². The molecule has 0 fully saturated rings. The largest absolute Gasteiger partial charge is 0.481 e. The summed E-state index contributed by atoms with van der Waals surface area (Å²) in [5.41, 5.74) is 0. The van der Waals surface area contributed by atoms with Crippen LogP contribution in [0.25, 0.3) is 0 Å². The van der Waals surface area contributed by atoms with Gasteiger partial charge in [-0.3, -0.25) is 9.59 Å². The van der Waals surface area contributed by atoms with Crippen LogP contribution < -0.4 is 0 Å². The van der Waals surface area contributed by atoms with Crippen LogP contribution in [0.1, 0.15) is 59.3 Å². The maximum Gasteiger partial charge on any atom is 0.318 e. The molecular formula is C14H26O4. The first-order valence-corrected chi connectivity index (χ1v) is 6.81. The molecule has 0 saturated carbocycles. The summed E-state index contributed by atoms with van der Waals surface area (Å²) >= 11 is 0. The number of aliphatic carboxylic acids is 2. The monoisotopic (exact) mass is 258 g/mol. The molecule has 0 aliphatic rings. The fourth-order valence-electron chi connectivity index (χ4n) is 2.13. The molecule has 18 heavy (non-hydrogen) atoms. The molecule has 0 saturated heterocycles. The van der Waals surface area contributed by atoms with Crippen LogP contribution >= 0.6 is 0 Å². The van der Waals surface area contributed by atoms with Crippen molar-refractivity contribution in [3.63, 3.8) is 0 Å². The molecule has 0 heterocycles. The summed E-state index contributed by atoms with van der Waals surface area (Å²) in [4.78, 5) is 21.6. The molecule has 0 bridgehead atoms. The molecule has 0 aliphatic carbocycles. The van der Waals surface area contributed by atoms with Gasteiger partial charge in [0.15, 0.2) is 5.92 Å². The molecule has 4 nitrogen and oxygen atoms in total. The summed E-state index contributed by atoms with van der Waals surface area (Å²) in [7, 11) is 0. The number of rotatable bonds is 10. The maximum atomic E-state index is 10.8. The van der Waals surface area contributed by atoms with Gasteiger partial charge in [0.1, 0.15) is 0 Å².